The van der Waals surface area contributed by atoms with Crippen LogP contribution in [-0.4, -0.2) is 34.6 Å². The maximum atomic E-state index is 6.52. The van der Waals surface area contributed by atoms with Crippen LogP contribution in [0.3, 0.4) is 0 Å². The predicted octanol–water partition coefficient (Wildman–Crippen LogP) is 0.726. The van der Waals surface area contributed by atoms with Gasteiger partial charge >= 0.3 is 0 Å². The van der Waals surface area contributed by atoms with Gasteiger partial charge in [0.25, 0.3) is 0 Å². The van der Waals surface area contributed by atoms with Crippen LogP contribution < -0.4 is 16.8 Å². The van der Waals surface area contributed by atoms with Gasteiger partial charge in [0.15, 0.2) is 5.96 Å². The van der Waals surface area contributed by atoms with Gasteiger partial charge in [-0.15, -0.1) is 0 Å². The van der Waals surface area contributed by atoms with Crippen molar-refractivity contribution in [3.05, 3.63) is 12.3 Å². The molecular weight excluding hydrogens is 238 g/mol. The van der Waals surface area contributed by atoms with E-state index in [1.807, 2.05) is 12.3 Å². The second-order valence-electron chi connectivity index (χ2n) is 6.80. The lowest BCUT2D eigenvalue weighted by Gasteiger charge is -2.51. The number of piperidine rings is 1. The monoisotopic (exact) mass is 263 g/mol. The average Bonchev–Trinajstić information content (AvgIpc) is 2.77. The van der Waals surface area contributed by atoms with E-state index < -0.39 is 5.66 Å². The molecule has 19 heavy (non-hydrogen) atoms. The van der Waals surface area contributed by atoms with E-state index in [0.29, 0.717) is 17.9 Å². The molecule has 3 rings (SSSR count). The molecule has 0 aromatic heterocycles. The highest BCUT2D eigenvalue weighted by Crippen LogP contribution is 2.44. The Morgan fingerprint density at radius 2 is 2.26 bits per heavy atom. The number of hydrogen-bond donors (Lipinski definition) is 3. The maximum Gasteiger partial charge on any atom is 0.194 e. The highest BCUT2D eigenvalue weighted by Gasteiger charge is 2.48. The Balaban J connectivity index is 1.86. The van der Waals surface area contributed by atoms with Gasteiger partial charge in [-0.3, -0.25) is 4.90 Å². The summed E-state index contributed by atoms with van der Waals surface area (Å²) in [6.07, 6.45) is 8.59. The Labute approximate surface area is 115 Å². The van der Waals surface area contributed by atoms with Gasteiger partial charge in [-0.1, -0.05) is 0 Å². The minimum atomic E-state index is -0.638. The van der Waals surface area contributed by atoms with Crippen molar-refractivity contribution < 1.29 is 0 Å². The minimum absolute atomic E-state index is 0.208. The van der Waals surface area contributed by atoms with E-state index in [-0.39, 0.29) is 5.54 Å². The fraction of sp³-hybridized carbons (Fsp3) is 0.786. The van der Waals surface area contributed by atoms with Gasteiger partial charge in [0.05, 0.1) is 0 Å². The normalized spacial score (nSPS) is 41.5. The summed E-state index contributed by atoms with van der Waals surface area (Å²) in [5, 5.41) is 2.90. The van der Waals surface area contributed by atoms with Crippen molar-refractivity contribution >= 4 is 5.96 Å². The van der Waals surface area contributed by atoms with Crippen LogP contribution in [0.2, 0.25) is 0 Å². The van der Waals surface area contributed by atoms with Crippen molar-refractivity contribution in [2.45, 2.75) is 56.8 Å². The quantitative estimate of drug-likeness (QED) is 0.651. The van der Waals surface area contributed by atoms with Crippen LogP contribution in [0.1, 0.15) is 39.5 Å². The number of nitrogens with zero attached hydrogens (tertiary/aromatic N) is 2. The molecule has 3 aliphatic heterocycles. The van der Waals surface area contributed by atoms with E-state index in [0.717, 1.165) is 12.8 Å². The zero-order chi connectivity index (χ0) is 13.7. The third-order valence-corrected chi connectivity index (χ3v) is 5.01. The van der Waals surface area contributed by atoms with Gasteiger partial charge in [0, 0.05) is 23.7 Å². The number of hydrogen-bond acceptors (Lipinski definition) is 5. The van der Waals surface area contributed by atoms with Crippen LogP contribution in [0.4, 0.5) is 0 Å². The first-order valence-electron chi connectivity index (χ1n) is 7.26. The molecule has 2 saturated heterocycles. The molecule has 0 aromatic carbocycles. The number of nitrogens with one attached hydrogen (secondary N) is 1. The average molecular weight is 263 g/mol. The van der Waals surface area contributed by atoms with Crippen molar-refractivity contribution in [1.29, 1.82) is 0 Å². The van der Waals surface area contributed by atoms with Crippen LogP contribution in [0.15, 0.2) is 17.3 Å². The van der Waals surface area contributed by atoms with Crippen molar-refractivity contribution in [1.82, 2.24) is 10.2 Å². The Hall–Kier alpha value is -1.07. The standard InChI is InChI=1S/C14H25N5/c1-13(2)9-10(8-11-4-3-7-19(11)13)14(16)5-6-17-12(15)18-14/h5-6,10-11H,3-4,7-9,16H2,1-2H3,(H3,15,17,18). The first-order chi connectivity index (χ1) is 8.91. The molecule has 2 fully saturated rings. The Morgan fingerprint density at radius 3 is 3.00 bits per heavy atom. The molecule has 0 saturated carbocycles. The molecule has 0 spiro atoms. The van der Waals surface area contributed by atoms with Gasteiger partial charge in [-0.25, -0.2) is 4.99 Å². The summed E-state index contributed by atoms with van der Waals surface area (Å²) < 4.78 is 0. The lowest BCUT2D eigenvalue weighted by molar-refractivity contribution is 0.00881. The van der Waals surface area contributed by atoms with Crippen LogP contribution in [0.5, 0.6) is 0 Å². The molecule has 3 heterocycles. The summed E-state index contributed by atoms with van der Waals surface area (Å²) in [6, 6.07) is 0.661. The second kappa shape index (κ2) is 4.21. The molecule has 0 aromatic rings. The molecule has 0 aliphatic carbocycles. The number of rotatable bonds is 1. The highest BCUT2D eigenvalue weighted by atomic mass is 15.3. The highest BCUT2D eigenvalue weighted by molar-refractivity contribution is 5.80. The van der Waals surface area contributed by atoms with Crippen LogP contribution in [0.25, 0.3) is 0 Å². The zero-order valence-electron chi connectivity index (χ0n) is 11.9. The third kappa shape index (κ3) is 2.15. The van der Waals surface area contributed by atoms with Crippen molar-refractivity contribution in [3.8, 4) is 0 Å². The SMILES string of the molecule is CC1(C)CC(C2(N)C=CNC(N)=N2)CC2CCCN21. The summed E-state index contributed by atoms with van der Waals surface area (Å²) >= 11 is 0. The van der Waals surface area contributed by atoms with E-state index in [9.17, 15) is 0 Å². The van der Waals surface area contributed by atoms with Crippen molar-refractivity contribution in [3.63, 3.8) is 0 Å². The molecule has 5 heteroatoms. The Kier molecular flexibility index (Phi) is 2.87. The summed E-state index contributed by atoms with van der Waals surface area (Å²) in [5.41, 5.74) is 11.9. The molecule has 0 bridgehead atoms. The van der Waals surface area contributed by atoms with E-state index in [1.165, 1.54) is 19.4 Å². The molecule has 3 aliphatic rings. The molecule has 3 atom stereocenters. The van der Waals surface area contributed by atoms with E-state index in [2.05, 4.69) is 29.1 Å². The molecule has 0 amide bonds. The number of fused-ring (bicyclic) bond motifs is 1. The van der Waals surface area contributed by atoms with Gasteiger partial charge in [0.1, 0.15) is 5.66 Å². The molecule has 0 radical (unpaired) electrons. The van der Waals surface area contributed by atoms with Crippen molar-refractivity contribution in [2.24, 2.45) is 22.4 Å². The van der Waals surface area contributed by atoms with Crippen molar-refractivity contribution in [2.75, 3.05) is 6.54 Å². The fourth-order valence-electron chi connectivity index (χ4n) is 4.13. The second-order valence-corrected chi connectivity index (χ2v) is 6.80. The van der Waals surface area contributed by atoms with E-state index >= 15 is 0 Å². The summed E-state index contributed by atoms with van der Waals surface area (Å²) in [7, 11) is 0. The number of guanidine groups is 1. The predicted molar refractivity (Wildman–Crippen MR) is 77.3 cm³/mol. The van der Waals surface area contributed by atoms with Crippen LogP contribution in [-0.2, 0) is 0 Å². The maximum absolute atomic E-state index is 6.52. The number of nitrogens with two attached hydrogens (primary N) is 2. The summed E-state index contributed by atoms with van der Waals surface area (Å²) in [6.45, 7) is 5.89. The minimum Gasteiger partial charge on any atom is -0.370 e. The van der Waals surface area contributed by atoms with Gasteiger partial charge in [-0.2, -0.15) is 0 Å². The lowest BCUT2D eigenvalue weighted by Crippen LogP contribution is -2.59. The van der Waals surface area contributed by atoms with Gasteiger partial charge < -0.3 is 16.8 Å². The smallest absolute Gasteiger partial charge is 0.194 e. The van der Waals surface area contributed by atoms with Crippen LogP contribution in [0, 0.1) is 5.92 Å². The topological polar surface area (TPSA) is 79.7 Å². The molecule has 5 nitrogen and oxygen atoms in total. The molecule has 106 valence electrons. The third-order valence-electron chi connectivity index (χ3n) is 5.01. The van der Waals surface area contributed by atoms with E-state index in [4.69, 9.17) is 11.5 Å². The number of aliphatic imine (C=N–C) groups is 1. The molecule has 3 unspecified atom stereocenters. The summed E-state index contributed by atoms with van der Waals surface area (Å²) in [5.74, 6) is 0.787. The first kappa shape index (κ1) is 12.9. The van der Waals surface area contributed by atoms with E-state index in [1.54, 1.807) is 0 Å². The largest absolute Gasteiger partial charge is 0.370 e. The summed E-state index contributed by atoms with van der Waals surface area (Å²) in [4.78, 5) is 7.13. The van der Waals surface area contributed by atoms with Crippen LogP contribution >= 0.6 is 0 Å². The van der Waals surface area contributed by atoms with Gasteiger partial charge in [-0.05, 0) is 52.2 Å². The van der Waals surface area contributed by atoms with Gasteiger partial charge in [0.2, 0.25) is 0 Å². The molecular formula is C14H25N5. The zero-order valence-corrected chi connectivity index (χ0v) is 11.9. The fourth-order valence-corrected chi connectivity index (χ4v) is 4.13. The Bertz CT molecular complexity index is 428. The lowest BCUT2D eigenvalue weighted by atomic mass is 9.73. The Morgan fingerprint density at radius 1 is 1.47 bits per heavy atom. The first-order valence-corrected chi connectivity index (χ1v) is 7.26. The molecule has 5 N–H and O–H groups in total.